The van der Waals surface area contributed by atoms with E-state index in [1.807, 2.05) is 30.3 Å². The Labute approximate surface area is 207 Å². The van der Waals surface area contributed by atoms with Gasteiger partial charge in [0.15, 0.2) is 9.84 Å². The summed E-state index contributed by atoms with van der Waals surface area (Å²) in [5, 5.41) is 2.25. The van der Waals surface area contributed by atoms with E-state index in [2.05, 4.69) is 4.98 Å². The van der Waals surface area contributed by atoms with Crippen LogP contribution in [0.25, 0.3) is 10.9 Å². The van der Waals surface area contributed by atoms with Gasteiger partial charge in [0.1, 0.15) is 0 Å². The first kappa shape index (κ1) is 24.8. The molecule has 0 atom stereocenters. The van der Waals surface area contributed by atoms with Crippen molar-refractivity contribution < 1.29 is 8.42 Å². The number of nitrogens with zero attached hydrogens (tertiary/aromatic N) is 1. The van der Waals surface area contributed by atoms with E-state index in [9.17, 15) is 8.42 Å². The van der Waals surface area contributed by atoms with Gasteiger partial charge in [-0.3, -0.25) is 4.98 Å². The highest BCUT2D eigenvalue weighted by Crippen LogP contribution is 2.32. The van der Waals surface area contributed by atoms with Crippen LogP contribution in [-0.4, -0.2) is 13.4 Å². The van der Waals surface area contributed by atoms with Crippen molar-refractivity contribution in [1.29, 1.82) is 0 Å². The number of hydrogen-bond acceptors (Lipinski definition) is 3. The number of aromatic nitrogens is 1. The normalized spacial score (nSPS) is 11.4. The number of hydrogen-bond donors (Lipinski definition) is 0. The molecule has 4 aromatic rings. The standard InChI is InChI=1S/C23H15Cl4NO2S.CH4/c24-17-5-6-23(21(27)11-17)31(29,30)13-15-9-19(25)18(20(26)10-15)8-14-7-16-3-1-2-4-22(16)28-12-14;/h1-7,9-12H,8,13H2;1H4. The van der Waals surface area contributed by atoms with Crippen LogP contribution in [-0.2, 0) is 22.0 Å². The third kappa shape index (κ3) is 5.38. The Balaban J connectivity index is 0.00000289. The molecule has 8 heteroatoms. The predicted octanol–water partition coefficient (Wildman–Crippen LogP) is 8.05. The lowest BCUT2D eigenvalue weighted by Crippen LogP contribution is -2.06. The molecular weight excluding hydrogens is 508 g/mol. The molecule has 0 fully saturated rings. The molecule has 0 bridgehead atoms. The van der Waals surface area contributed by atoms with Crippen LogP contribution in [0.4, 0.5) is 0 Å². The molecule has 0 N–H and O–H groups in total. The van der Waals surface area contributed by atoms with Crippen molar-refractivity contribution >= 4 is 67.1 Å². The van der Waals surface area contributed by atoms with Crippen molar-refractivity contribution in [2.45, 2.75) is 24.5 Å². The average molecular weight is 527 g/mol. The van der Waals surface area contributed by atoms with Crippen molar-refractivity contribution in [2.24, 2.45) is 0 Å². The highest BCUT2D eigenvalue weighted by atomic mass is 35.5. The van der Waals surface area contributed by atoms with E-state index < -0.39 is 9.84 Å². The maximum atomic E-state index is 12.8. The maximum Gasteiger partial charge on any atom is 0.183 e. The van der Waals surface area contributed by atoms with Gasteiger partial charge in [-0.15, -0.1) is 0 Å². The summed E-state index contributed by atoms with van der Waals surface area (Å²) in [6.07, 6.45) is 2.27. The second kappa shape index (κ2) is 9.98. The highest BCUT2D eigenvalue weighted by molar-refractivity contribution is 7.90. The molecule has 1 aromatic heterocycles. The smallest absolute Gasteiger partial charge is 0.183 e. The first-order chi connectivity index (χ1) is 14.7. The maximum absolute atomic E-state index is 12.8. The van der Waals surface area contributed by atoms with E-state index >= 15 is 0 Å². The zero-order chi connectivity index (χ0) is 22.2. The molecule has 0 saturated carbocycles. The lowest BCUT2D eigenvalue weighted by atomic mass is 10.0. The summed E-state index contributed by atoms with van der Waals surface area (Å²) in [5.74, 6) is -0.286. The number of rotatable bonds is 5. The Morgan fingerprint density at radius 1 is 0.781 bits per heavy atom. The monoisotopic (exact) mass is 525 g/mol. The van der Waals surface area contributed by atoms with Crippen molar-refractivity contribution in [1.82, 2.24) is 4.98 Å². The predicted molar refractivity (Wildman–Crippen MR) is 135 cm³/mol. The Morgan fingerprint density at radius 3 is 2.16 bits per heavy atom. The van der Waals surface area contributed by atoms with E-state index in [0.717, 1.165) is 16.5 Å². The summed E-state index contributed by atoms with van der Waals surface area (Å²) in [6.45, 7) is 0. The van der Waals surface area contributed by atoms with Crippen molar-refractivity contribution in [2.75, 3.05) is 0 Å². The van der Waals surface area contributed by atoms with Gasteiger partial charge in [0.05, 0.1) is 21.2 Å². The molecule has 0 aliphatic heterocycles. The fourth-order valence-electron chi connectivity index (χ4n) is 3.35. The minimum absolute atomic E-state index is 0. The van der Waals surface area contributed by atoms with Crippen LogP contribution in [0.3, 0.4) is 0 Å². The molecule has 4 rings (SSSR count). The zero-order valence-electron chi connectivity index (χ0n) is 15.9. The molecule has 0 spiro atoms. The van der Waals surface area contributed by atoms with Gasteiger partial charge in [-0.25, -0.2) is 8.42 Å². The molecule has 0 saturated heterocycles. The Hall–Kier alpha value is -1.82. The number of benzene rings is 3. The van der Waals surface area contributed by atoms with Crippen LogP contribution in [0.5, 0.6) is 0 Å². The quantitative estimate of drug-likeness (QED) is 0.264. The second-order valence-electron chi connectivity index (χ2n) is 7.08. The topological polar surface area (TPSA) is 47.0 Å². The molecule has 0 amide bonds. The molecule has 3 nitrogen and oxygen atoms in total. The lowest BCUT2D eigenvalue weighted by molar-refractivity contribution is 0.595. The number of pyridine rings is 1. The van der Waals surface area contributed by atoms with Gasteiger partial charge in [-0.1, -0.05) is 72.0 Å². The molecule has 3 aromatic carbocycles. The molecular formula is C24H19Cl4NO2S. The molecule has 1 heterocycles. The summed E-state index contributed by atoms with van der Waals surface area (Å²) in [6, 6.07) is 17.4. The fraction of sp³-hybridized carbons (Fsp3) is 0.125. The van der Waals surface area contributed by atoms with Gasteiger partial charge < -0.3 is 0 Å². The lowest BCUT2D eigenvalue weighted by Gasteiger charge is -2.12. The van der Waals surface area contributed by atoms with Crippen LogP contribution >= 0.6 is 46.4 Å². The van der Waals surface area contributed by atoms with E-state index in [1.165, 1.54) is 18.2 Å². The minimum Gasteiger partial charge on any atom is -0.256 e. The van der Waals surface area contributed by atoms with Gasteiger partial charge in [-0.2, -0.15) is 0 Å². The van der Waals surface area contributed by atoms with Gasteiger partial charge in [0.2, 0.25) is 0 Å². The summed E-state index contributed by atoms with van der Waals surface area (Å²) in [4.78, 5) is 4.47. The van der Waals surface area contributed by atoms with Crippen LogP contribution in [0, 0.1) is 0 Å². The van der Waals surface area contributed by atoms with Crippen molar-refractivity contribution in [3.63, 3.8) is 0 Å². The first-order valence-electron chi connectivity index (χ1n) is 9.21. The van der Waals surface area contributed by atoms with Crippen molar-refractivity contribution in [3.8, 4) is 0 Å². The summed E-state index contributed by atoms with van der Waals surface area (Å²) < 4.78 is 25.7. The fourth-order valence-corrected chi connectivity index (χ4v) is 6.17. The van der Waals surface area contributed by atoms with Gasteiger partial charge in [0, 0.05) is 33.1 Å². The van der Waals surface area contributed by atoms with E-state index in [-0.39, 0.29) is 23.1 Å². The van der Waals surface area contributed by atoms with Crippen LogP contribution in [0.1, 0.15) is 24.1 Å². The second-order valence-corrected chi connectivity index (χ2v) is 10.7. The average Bonchev–Trinajstić information content (AvgIpc) is 2.70. The molecule has 0 aliphatic rings. The molecule has 0 radical (unpaired) electrons. The molecule has 32 heavy (non-hydrogen) atoms. The van der Waals surface area contributed by atoms with Gasteiger partial charge in [0.25, 0.3) is 0 Å². The summed E-state index contributed by atoms with van der Waals surface area (Å²) in [7, 11) is -3.71. The Kier molecular flexibility index (Phi) is 7.74. The Morgan fingerprint density at radius 2 is 1.47 bits per heavy atom. The molecule has 166 valence electrons. The van der Waals surface area contributed by atoms with Gasteiger partial charge in [-0.05, 0) is 59.2 Å². The number of fused-ring (bicyclic) bond motifs is 1. The first-order valence-corrected chi connectivity index (χ1v) is 12.4. The van der Waals surface area contributed by atoms with Gasteiger partial charge >= 0.3 is 0 Å². The van der Waals surface area contributed by atoms with Crippen molar-refractivity contribution in [3.05, 3.63) is 104 Å². The van der Waals surface area contributed by atoms with E-state index in [1.54, 1.807) is 18.3 Å². The minimum atomic E-state index is -3.71. The number of para-hydroxylation sites is 1. The van der Waals surface area contributed by atoms with Crippen LogP contribution < -0.4 is 0 Å². The van der Waals surface area contributed by atoms with E-state index in [0.29, 0.717) is 32.6 Å². The van der Waals surface area contributed by atoms with E-state index in [4.69, 9.17) is 46.4 Å². The molecule has 0 unspecified atom stereocenters. The summed E-state index contributed by atoms with van der Waals surface area (Å²) in [5.41, 5.74) is 3.05. The third-order valence-electron chi connectivity index (χ3n) is 4.81. The van der Waals surface area contributed by atoms with Crippen LogP contribution in [0.15, 0.2) is 71.8 Å². The van der Waals surface area contributed by atoms with Crippen LogP contribution in [0.2, 0.25) is 20.1 Å². The molecule has 0 aliphatic carbocycles. The SMILES string of the molecule is C.O=S(=O)(Cc1cc(Cl)c(Cc2cnc3ccccc3c2)c(Cl)c1)c1ccc(Cl)cc1Cl. The largest absolute Gasteiger partial charge is 0.256 e. The highest BCUT2D eigenvalue weighted by Gasteiger charge is 2.21. The zero-order valence-corrected chi connectivity index (χ0v) is 19.8. The summed E-state index contributed by atoms with van der Waals surface area (Å²) >= 11 is 24.9. The number of sulfone groups is 1. The number of halogens is 4. The Bertz CT molecular complexity index is 1380. The third-order valence-corrected chi connectivity index (χ3v) is 7.89.